The summed E-state index contributed by atoms with van der Waals surface area (Å²) in [4.78, 5) is 8.94. The topological polar surface area (TPSA) is 61.0 Å². The van der Waals surface area contributed by atoms with Gasteiger partial charge in [-0.1, -0.05) is 12.1 Å². The fourth-order valence-corrected chi connectivity index (χ4v) is 2.06. The van der Waals surface area contributed by atoms with Crippen LogP contribution >= 0.6 is 27.7 Å². The highest BCUT2D eigenvalue weighted by molar-refractivity contribution is 9.10. The predicted octanol–water partition coefficient (Wildman–Crippen LogP) is 3.34. The Labute approximate surface area is 112 Å². The number of thioether (sulfide) groups is 1. The summed E-state index contributed by atoms with van der Waals surface area (Å²) in [5, 5.41) is 0. The van der Waals surface area contributed by atoms with Crippen LogP contribution in [0.15, 0.2) is 40.0 Å². The van der Waals surface area contributed by atoms with E-state index < -0.39 is 0 Å². The number of hydrogen-bond donors (Lipinski definition) is 1. The molecule has 17 heavy (non-hydrogen) atoms. The zero-order chi connectivity index (χ0) is 12.3. The summed E-state index contributed by atoms with van der Waals surface area (Å²) >= 11 is 4.91. The third kappa shape index (κ3) is 2.70. The van der Waals surface area contributed by atoms with Crippen molar-refractivity contribution in [3.63, 3.8) is 0 Å². The molecule has 0 aliphatic heterocycles. The van der Waals surface area contributed by atoms with E-state index in [1.165, 1.54) is 6.33 Å². The van der Waals surface area contributed by atoms with E-state index >= 15 is 0 Å². The van der Waals surface area contributed by atoms with Gasteiger partial charge < -0.3 is 10.5 Å². The Morgan fingerprint density at radius 3 is 2.82 bits per heavy atom. The summed E-state index contributed by atoms with van der Waals surface area (Å²) in [5.74, 6) is 1.52. The van der Waals surface area contributed by atoms with Gasteiger partial charge in [0.25, 0.3) is 0 Å². The quantitative estimate of drug-likeness (QED) is 0.881. The number of nitrogen functional groups attached to an aromatic ring is 1. The van der Waals surface area contributed by atoms with E-state index in [1.807, 2.05) is 30.5 Å². The van der Waals surface area contributed by atoms with Crippen LogP contribution in [0.5, 0.6) is 11.6 Å². The Kier molecular flexibility index (Phi) is 3.86. The van der Waals surface area contributed by atoms with E-state index in [9.17, 15) is 0 Å². The summed E-state index contributed by atoms with van der Waals surface area (Å²) in [6.07, 6.45) is 3.36. The minimum absolute atomic E-state index is 0.358. The minimum Gasteiger partial charge on any atom is -0.436 e. The highest BCUT2D eigenvalue weighted by Crippen LogP contribution is 2.34. The molecule has 1 heterocycles. The van der Waals surface area contributed by atoms with Crippen LogP contribution in [0.3, 0.4) is 0 Å². The number of hydrogen-bond acceptors (Lipinski definition) is 5. The smallest absolute Gasteiger partial charge is 0.238 e. The number of benzene rings is 1. The molecule has 0 aliphatic rings. The lowest BCUT2D eigenvalue weighted by Gasteiger charge is -2.09. The van der Waals surface area contributed by atoms with E-state index in [1.54, 1.807) is 11.8 Å². The molecule has 1 aromatic carbocycles. The molecule has 0 unspecified atom stereocenters. The average molecular weight is 312 g/mol. The van der Waals surface area contributed by atoms with Crippen molar-refractivity contribution < 1.29 is 4.74 Å². The van der Waals surface area contributed by atoms with Gasteiger partial charge >= 0.3 is 0 Å². The Bertz CT molecular complexity index is 536. The lowest BCUT2D eigenvalue weighted by Crippen LogP contribution is -1.97. The summed E-state index contributed by atoms with van der Waals surface area (Å²) in [7, 11) is 0. The second-order valence-corrected chi connectivity index (χ2v) is 4.77. The molecule has 4 nitrogen and oxygen atoms in total. The van der Waals surface area contributed by atoms with Crippen LogP contribution in [0.25, 0.3) is 0 Å². The van der Waals surface area contributed by atoms with Crippen molar-refractivity contribution in [2.45, 2.75) is 4.90 Å². The van der Waals surface area contributed by atoms with Gasteiger partial charge in [-0.15, -0.1) is 11.8 Å². The Morgan fingerprint density at radius 2 is 2.06 bits per heavy atom. The molecular formula is C11H10BrN3OS. The van der Waals surface area contributed by atoms with E-state index in [4.69, 9.17) is 10.5 Å². The third-order valence-corrected chi connectivity index (χ3v) is 3.58. The number of halogens is 1. The fraction of sp³-hybridized carbons (Fsp3) is 0.0909. The number of aromatic nitrogens is 2. The number of rotatable bonds is 3. The van der Waals surface area contributed by atoms with Crippen LogP contribution in [0.2, 0.25) is 0 Å². The molecular weight excluding hydrogens is 302 g/mol. The largest absolute Gasteiger partial charge is 0.436 e. The number of anilines is 1. The van der Waals surface area contributed by atoms with Crippen LogP contribution in [-0.2, 0) is 0 Å². The van der Waals surface area contributed by atoms with E-state index in [-0.39, 0.29) is 0 Å². The van der Waals surface area contributed by atoms with Crippen molar-refractivity contribution in [1.29, 1.82) is 0 Å². The van der Waals surface area contributed by atoms with Gasteiger partial charge in [-0.3, -0.25) is 0 Å². The van der Waals surface area contributed by atoms with Gasteiger partial charge in [0.1, 0.15) is 22.4 Å². The maximum absolute atomic E-state index is 5.71. The highest BCUT2D eigenvalue weighted by atomic mass is 79.9. The van der Waals surface area contributed by atoms with Crippen LogP contribution in [0, 0.1) is 0 Å². The molecule has 0 saturated carbocycles. The summed E-state index contributed by atoms with van der Waals surface area (Å²) in [6.45, 7) is 0. The lowest BCUT2D eigenvalue weighted by atomic mass is 10.3. The maximum atomic E-state index is 5.71. The van der Waals surface area contributed by atoms with Crippen LogP contribution in [0.4, 0.5) is 5.82 Å². The monoisotopic (exact) mass is 311 g/mol. The molecule has 0 aliphatic carbocycles. The Hall–Kier alpha value is -1.27. The van der Waals surface area contributed by atoms with Gasteiger partial charge in [-0.05, 0) is 34.3 Å². The normalized spacial score (nSPS) is 10.2. The number of nitrogens with zero attached hydrogens (tertiary/aromatic N) is 2. The predicted molar refractivity (Wildman–Crippen MR) is 72.4 cm³/mol. The molecule has 88 valence electrons. The minimum atomic E-state index is 0.358. The molecule has 0 bridgehead atoms. The Balaban J connectivity index is 2.35. The van der Waals surface area contributed by atoms with Crippen molar-refractivity contribution >= 4 is 33.5 Å². The van der Waals surface area contributed by atoms with Crippen molar-refractivity contribution in [2.24, 2.45) is 0 Å². The van der Waals surface area contributed by atoms with Gasteiger partial charge in [0.05, 0.1) is 0 Å². The molecule has 2 aromatic rings. The molecule has 0 amide bonds. The van der Waals surface area contributed by atoms with Crippen molar-refractivity contribution in [1.82, 2.24) is 9.97 Å². The molecule has 0 radical (unpaired) electrons. The third-order valence-electron chi connectivity index (χ3n) is 2.06. The first-order valence-electron chi connectivity index (χ1n) is 4.79. The molecule has 0 saturated heterocycles. The van der Waals surface area contributed by atoms with Crippen LogP contribution in [-0.4, -0.2) is 16.2 Å². The lowest BCUT2D eigenvalue weighted by molar-refractivity contribution is 0.448. The molecule has 2 rings (SSSR count). The first-order chi connectivity index (χ1) is 8.22. The van der Waals surface area contributed by atoms with E-state index in [0.717, 1.165) is 10.6 Å². The van der Waals surface area contributed by atoms with Gasteiger partial charge in [0, 0.05) is 4.90 Å². The molecule has 0 atom stereocenters. The zero-order valence-corrected chi connectivity index (χ0v) is 11.5. The van der Waals surface area contributed by atoms with Gasteiger partial charge in [0.15, 0.2) is 0 Å². The summed E-state index contributed by atoms with van der Waals surface area (Å²) in [6, 6.07) is 7.74. The number of para-hydroxylation sites is 1. The number of nitrogens with two attached hydrogens (primary N) is 1. The maximum Gasteiger partial charge on any atom is 0.238 e. The van der Waals surface area contributed by atoms with Gasteiger partial charge in [0.2, 0.25) is 5.88 Å². The highest BCUT2D eigenvalue weighted by Gasteiger charge is 2.10. The molecule has 0 spiro atoms. The Morgan fingerprint density at radius 1 is 1.29 bits per heavy atom. The van der Waals surface area contributed by atoms with Crippen molar-refractivity contribution in [2.75, 3.05) is 12.0 Å². The first-order valence-corrected chi connectivity index (χ1v) is 6.81. The molecule has 1 aromatic heterocycles. The van der Waals surface area contributed by atoms with Gasteiger partial charge in [-0.25, -0.2) is 9.97 Å². The van der Waals surface area contributed by atoms with E-state index in [2.05, 4.69) is 25.9 Å². The molecule has 0 fully saturated rings. The summed E-state index contributed by atoms with van der Waals surface area (Å²) < 4.78 is 6.28. The number of ether oxygens (including phenoxy) is 1. The van der Waals surface area contributed by atoms with Gasteiger partial charge in [-0.2, -0.15) is 0 Å². The van der Waals surface area contributed by atoms with Crippen molar-refractivity contribution in [3.05, 3.63) is 35.1 Å². The SMILES string of the molecule is CSc1ccccc1Oc1ncnc(N)c1Br. The zero-order valence-electron chi connectivity index (χ0n) is 9.05. The molecule has 6 heteroatoms. The molecule has 2 N–H and O–H groups in total. The second kappa shape index (κ2) is 5.37. The van der Waals surface area contributed by atoms with Crippen LogP contribution in [0.1, 0.15) is 0 Å². The van der Waals surface area contributed by atoms with Crippen LogP contribution < -0.4 is 10.5 Å². The van der Waals surface area contributed by atoms with Crippen molar-refractivity contribution in [3.8, 4) is 11.6 Å². The standard InChI is InChI=1S/C11H10BrN3OS/c1-17-8-5-3-2-4-7(8)16-11-9(12)10(13)14-6-15-11/h2-6H,1H3,(H2,13,14,15). The first kappa shape index (κ1) is 12.2. The fourth-order valence-electron chi connectivity index (χ4n) is 1.24. The second-order valence-electron chi connectivity index (χ2n) is 3.13. The van der Waals surface area contributed by atoms with E-state index in [0.29, 0.717) is 16.2 Å². The summed E-state index contributed by atoms with van der Waals surface area (Å²) in [5.41, 5.74) is 5.66. The average Bonchev–Trinajstić information content (AvgIpc) is 2.35.